The van der Waals surface area contributed by atoms with Gasteiger partial charge in [0.1, 0.15) is 0 Å². The Kier molecular flexibility index (Phi) is 4.52. The van der Waals surface area contributed by atoms with Gasteiger partial charge in [-0.15, -0.1) is 0 Å². The lowest BCUT2D eigenvalue weighted by atomic mass is 9.77. The van der Waals surface area contributed by atoms with Gasteiger partial charge in [0.25, 0.3) is 0 Å². The molecule has 3 fully saturated rings. The molecule has 0 saturated carbocycles. The molecule has 4 heterocycles. The average molecular weight is 359 g/mol. The molecule has 1 spiro atoms. The third-order valence-electron chi connectivity index (χ3n) is 5.98. The third kappa shape index (κ3) is 3.25. The van der Waals surface area contributed by atoms with E-state index in [1.165, 1.54) is 12.8 Å². The summed E-state index contributed by atoms with van der Waals surface area (Å²) in [7, 11) is 0. The van der Waals surface area contributed by atoms with Crippen molar-refractivity contribution in [2.75, 3.05) is 31.1 Å². The largest absolute Gasteiger partial charge is 0.481 e. The maximum absolute atomic E-state index is 11.7. The number of aromatic nitrogens is 2. The minimum Gasteiger partial charge on any atom is -0.481 e. The van der Waals surface area contributed by atoms with Gasteiger partial charge in [-0.1, -0.05) is 0 Å². The number of piperidine rings is 1. The minimum absolute atomic E-state index is 0.0983. The van der Waals surface area contributed by atoms with Gasteiger partial charge in [0.05, 0.1) is 11.5 Å². The predicted molar refractivity (Wildman–Crippen MR) is 94.6 cm³/mol. The summed E-state index contributed by atoms with van der Waals surface area (Å²) in [4.78, 5) is 36.7. The Labute approximate surface area is 152 Å². The number of aliphatic carboxylic acids is 1. The summed E-state index contributed by atoms with van der Waals surface area (Å²) in [5.74, 6) is -0.818. The second-order valence-corrected chi connectivity index (χ2v) is 7.66. The lowest BCUT2D eigenvalue weighted by Gasteiger charge is -2.41. The molecule has 3 aliphatic rings. The van der Waals surface area contributed by atoms with Crippen molar-refractivity contribution < 1.29 is 14.7 Å². The van der Waals surface area contributed by atoms with Gasteiger partial charge in [-0.05, 0) is 25.7 Å². The molecule has 0 unspecified atom stereocenters. The smallest absolute Gasteiger partial charge is 0.309 e. The van der Waals surface area contributed by atoms with Crippen LogP contribution in [0.2, 0.25) is 0 Å². The van der Waals surface area contributed by atoms with Crippen LogP contribution in [0.3, 0.4) is 0 Å². The zero-order valence-electron chi connectivity index (χ0n) is 14.9. The first-order valence-electron chi connectivity index (χ1n) is 9.38. The summed E-state index contributed by atoms with van der Waals surface area (Å²) in [5.41, 5.74) is 0.490. The van der Waals surface area contributed by atoms with Gasteiger partial charge >= 0.3 is 5.97 Å². The summed E-state index contributed by atoms with van der Waals surface area (Å²) in [6.45, 7) is 4.34. The van der Waals surface area contributed by atoms with E-state index in [1.54, 1.807) is 0 Å². The SMILES string of the molecule is O=C1C[C@@H](C(=O)O)C2(CCN(Cc3cnc(N4CCCC4)nc3)CC2)N1. The summed E-state index contributed by atoms with van der Waals surface area (Å²) in [6.07, 6.45) is 7.62. The molecule has 1 aromatic heterocycles. The molecule has 0 bridgehead atoms. The number of rotatable bonds is 4. The van der Waals surface area contributed by atoms with E-state index in [-0.39, 0.29) is 12.3 Å². The Bertz CT molecular complexity index is 679. The van der Waals surface area contributed by atoms with Crippen LogP contribution >= 0.6 is 0 Å². The molecule has 0 aliphatic carbocycles. The Morgan fingerprint density at radius 3 is 2.46 bits per heavy atom. The monoisotopic (exact) mass is 359 g/mol. The fourth-order valence-corrected chi connectivity index (χ4v) is 4.47. The van der Waals surface area contributed by atoms with Gasteiger partial charge in [-0.25, -0.2) is 9.97 Å². The van der Waals surface area contributed by atoms with E-state index < -0.39 is 17.4 Å². The van der Waals surface area contributed by atoms with Crippen LogP contribution in [0.5, 0.6) is 0 Å². The molecule has 1 amide bonds. The number of carbonyl (C=O) groups is 2. The molecule has 0 radical (unpaired) electrons. The van der Waals surface area contributed by atoms with Crippen molar-refractivity contribution in [3.8, 4) is 0 Å². The molecular formula is C18H25N5O3. The Hall–Kier alpha value is -2.22. The van der Waals surface area contributed by atoms with E-state index in [2.05, 4.69) is 25.1 Å². The number of hydrogen-bond donors (Lipinski definition) is 2. The maximum atomic E-state index is 11.7. The molecule has 3 saturated heterocycles. The van der Waals surface area contributed by atoms with Crippen molar-refractivity contribution in [2.24, 2.45) is 5.92 Å². The van der Waals surface area contributed by atoms with E-state index in [4.69, 9.17) is 0 Å². The highest BCUT2D eigenvalue weighted by Crippen LogP contribution is 2.37. The number of likely N-dealkylation sites (tertiary alicyclic amines) is 1. The topological polar surface area (TPSA) is 98.7 Å². The van der Waals surface area contributed by atoms with Gasteiger partial charge in [0, 0.05) is 57.1 Å². The first-order chi connectivity index (χ1) is 12.6. The van der Waals surface area contributed by atoms with E-state index in [9.17, 15) is 14.7 Å². The molecule has 4 rings (SSSR count). The molecule has 140 valence electrons. The van der Waals surface area contributed by atoms with Gasteiger partial charge in [-0.2, -0.15) is 0 Å². The standard InChI is InChI=1S/C18H25N5O3/c24-15-9-14(16(25)26)18(21-15)3-7-22(8-4-18)12-13-10-19-17(20-11-13)23-5-1-2-6-23/h10-11,14H,1-9,12H2,(H,21,24)(H,25,26)/t14-/m0/s1. The molecule has 8 nitrogen and oxygen atoms in total. The van der Waals surface area contributed by atoms with E-state index in [1.807, 2.05) is 12.4 Å². The molecule has 2 N–H and O–H groups in total. The molecule has 1 aromatic rings. The van der Waals surface area contributed by atoms with Crippen LogP contribution in [0, 0.1) is 5.92 Å². The third-order valence-corrected chi connectivity index (χ3v) is 5.98. The van der Waals surface area contributed by atoms with Crippen LogP contribution in [0.1, 0.15) is 37.7 Å². The maximum Gasteiger partial charge on any atom is 0.309 e. The van der Waals surface area contributed by atoms with Gasteiger partial charge in [0.2, 0.25) is 11.9 Å². The van der Waals surface area contributed by atoms with Crippen LogP contribution in [0.4, 0.5) is 5.95 Å². The quantitative estimate of drug-likeness (QED) is 0.813. The summed E-state index contributed by atoms with van der Waals surface area (Å²) in [5, 5.41) is 12.4. The number of carboxylic acid groups (broad SMARTS) is 1. The molecule has 1 atom stereocenters. The highest BCUT2D eigenvalue weighted by molar-refractivity contribution is 5.88. The summed E-state index contributed by atoms with van der Waals surface area (Å²) < 4.78 is 0. The minimum atomic E-state index is -0.872. The summed E-state index contributed by atoms with van der Waals surface area (Å²) >= 11 is 0. The molecule has 26 heavy (non-hydrogen) atoms. The highest BCUT2D eigenvalue weighted by atomic mass is 16.4. The van der Waals surface area contributed by atoms with Gasteiger partial charge < -0.3 is 15.3 Å². The van der Waals surface area contributed by atoms with Crippen LogP contribution in [-0.4, -0.2) is 63.6 Å². The fourth-order valence-electron chi connectivity index (χ4n) is 4.47. The fraction of sp³-hybridized carbons (Fsp3) is 0.667. The van der Waals surface area contributed by atoms with Crippen molar-refractivity contribution in [1.29, 1.82) is 0 Å². The Balaban J connectivity index is 1.35. The first-order valence-corrected chi connectivity index (χ1v) is 9.38. The average Bonchev–Trinajstić information content (AvgIpc) is 3.26. The molecule has 0 aromatic carbocycles. The second kappa shape index (κ2) is 6.83. The Morgan fingerprint density at radius 2 is 1.85 bits per heavy atom. The lowest BCUT2D eigenvalue weighted by Crippen LogP contribution is -2.55. The Morgan fingerprint density at radius 1 is 1.19 bits per heavy atom. The number of hydrogen-bond acceptors (Lipinski definition) is 6. The normalized spacial score (nSPS) is 25.6. The van der Waals surface area contributed by atoms with Gasteiger partial charge in [-0.3, -0.25) is 14.5 Å². The van der Waals surface area contributed by atoms with E-state index in [0.29, 0.717) is 12.8 Å². The van der Waals surface area contributed by atoms with Crippen LogP contribution in [0.15, 0.2) is 12.4 Å². The number of nitrogens with zero attached hydrogens (tertiary/aromatic N) is 4. The van der Waals surface area contributed by atoms with Crippen LogP contribution in [0.25, 0.3) is 0 Å². The zero-order valence-corrected chi connectivity index (χ0v) is 14.9. The molecule has 3 aliphatic heterocycles. The lowest BCUT2D eigenvalue weighted by molar-refractivity contribution is -0.144. The van der Waals surface area contributed by atoms with Crippen molar-refractivity contribution in [3.05, 3.63) is 18.0 Å². The van der Waals surface area contributed by atoms with Crippen molar-refractivity contribution >= 4 is 17.8 Å². The first kappa shape index (κ1) is 17.2. The number of amides is 1. The highest BCUT2D eigenvalue weighted by Gasteiger charge is 2.51. The predicted octanol–water partition coefficient (Wildman–Crippen LogP) is 0.632. The number of carboxylic acids is 1. The van der Waals surface area contributed by atoms with E-state index >= 15 is 0 Å². The van der Waals surface area contributed by atoms with Crippen molar-refractivity contribution in [2.45, 2.75) is 44.2 Å². The summed E-state index contributed by atoms with van der Waals surface area (Å²) in [6, 6.07) is 0. The number of nitrogens with one attached hydrogen (secondary N) is 1. The number of anilines is 1. The molecule has 8 heteroatoms. The molecular weight excluding hydrogens is 334 g/mol. The number of carbonyl (C=O) groups excluding carboxylic acids is 1. The van der Waals surface area contributed by atoms with Crippen molar-refractivity contribution in [1.82, 2.24) is 20.2 Å². The van der Waals surface area contributed by atoms with Crippen LogP contribution in [-0.2, 0) is 16.1 Å². The zero-order chi connectivity index (χ0) is 18.1. The van der Waals surface area contributed by atoms with Crippen molar-refractivity contribution in [3.63, 3.8) is 0 Å². The second-order valence-electron chi connectivity index (χ2n) is 7.66. The van der Waals surface area contributed by atoms with Crippen LogP contribution < -0.4 is 10.2 Å². The van der Waals surface area contributed by atoms with E-state index in [0.717, 1.165) is 44.2 Å². The van der Waals surface area contributed by atoms with Gasteiger partial charge in [0.15, 0.2) is 0 Å².